The van der Waals surface area contributed by atoms with Crippen LogP contribution in [0.3, 0.4) is 0 Å². The Morgan fingerprint density at radius 2 is 1.68 bits per heavy atom. The van der Waals surface area contributed by atoms with Gasteiger partial charge in [-0.05, 0) is 55.0 Å². The maximum atomic E-state index is 13.2. The maximum Gasteiger partial charge on any atom is 0.255 e. The molecule has 0 fully saturated rings. The number of rotatable bonds is 10. The fraction of sp³-hybridized carbons (Fsp3) is 0.103. The van der Waals surface area contributed by atoms with Gasteiger partial charge in [0.05, 0.1) is 17.1 Å². The number of amides is 1. The van der Waals surface area contributed by atoms with Crippen molar-refractivity contribution < 1.29 is 17.9 Å². The van der Waals surface area contributed by atoms with Gasteiger partial charge < -0.3 is 15.8 Å². The molecule has 4 N–H and O–H groups in total. The van der Waals surface area contributed by atoms with Crippen LogP contribution < -0.4 is 20.5 Å². The minimum atomic E-state index is -3.82. The Morgan fingerprint density at radius 3 is 2.40 bits per heavy atom. The first-order chi connectivity index (χ1) is 19.3. The molecule has 2 heterocycles. The van der Waals surface area contributed by atoms with Crippen LogP contribution in [0.1, 0.15) is 11.3 Å². The monoisotopic (exact) mass is 554 g/mol. The minimum absolute atomic E-state index is 0.0776. The van der Waals surface area contributed by atoms with Gasteiger partial charge >= 0.3 is 0 Å². The summed E-state index contributed by atoms with van der Waals surface area (Å²) in [5.41, 5.74) is 8.26. The summed E-state index contributed by atoms with van der Waals surface area (Å²) in [4.78, 5) is 15.3. The minimum Gasteiger partial charge on any atom is -0.484 e. The van der Waals surface area contributed by atoms with Crippen LogP contribution >= 0.6 is 0 Å². The van der Waals surface area contributed by atoms with Crippen LogP contribution in [0.5, 0.6) is 5.75 Å². The lowest BCUT2D eigenvalue weighted by molar-refractivity contribution is -0.119. The molecule has 0 aliphatic rings. The van der Waals surface area contributed by atoms with Crippen molar-refractivity contribution in [2.45, 2.75) is 18.4 Å². The van der Waals surface area contributed by atoms with Gasteiger partial charge in [0.25, 0.3) is 5.91 Å². The molecule has 2 aromatic heterocycles. The molecule has 5 aromatic rings. The summed E-state index contributed by atoms with van der Waals surface area (Å²) >= 11 is 0. The number of aryl methyl sites for hydroxylation is 1. The zero-order valence-electron chi connectivity index (χ0n) is 21.5. The van der Waals surface area contributed by atoms with Gasteiger partial charge in [-0.3, -0.25) is 9.78 Å². The Kier molecular flexibility index (Phi) is 7.67. The van der Waals surface area contributed by atoms with Crippen molar-refractivity contribution in [3.05, 3.63) is 102 Å². The van der Waals surface area contributed by atoms with Gasteiger partial charge in [-0.25, -0.2) is 13.1 Å². The molecule has 40 heavy (non-hydrogen) atoms. The smallest absolute Gasteiger partial charge is 0.255 e. The average Bonchev–Trinajstić information content (AvgIpc) is 2.97. The number of pyridine rings is 1. The average molecular weight is 555 g/mol. The van der Waals surface area contributed by atoms with Crippen LogP contribution in [-0.2, 0) is 21.4 Å². The summed E-state index contributed by atoms with van der Waals surface area (Å²) in [6.07, 6.45) is 1.62. The number of hydrogen-bond donors (Lipinski definition) is 3. The highest BCUT2D eigenvalue weighted by molar-refractivity contribution is 7.89. The van der Waals surface area contributed by atoms with E-state index in [-0.39, 0.29) is 18.0 Å². The largest absolute Gasteiger partial charge is 0.484 e. The normalized spacial score (nSPS) is 11.3. The number of benzene rings is 3. The molecule has 0 saturated carbocycles. The van der Waals surface area contributed by atoms with E-state index in [1.54, 1.807) is 67.7 Å². The van der Waals surface area contributed by atoms with Crippen LogP contribution in [0.4, 0.5) is 11.5 Å². The van der Waals surface area contributed by atoms with Gasteiger partial charge in [0.2, 0.25) is 10.0 Å². The molecule has 10 nitrogen and oxygen atoms in total. The molecular weight excluding hydrogens is 528 g/mol. The number of hydrogen-bond acceptors (Lipinski definition) is 8. The molecule has 0 radical (unpaired) electrons. The van der Waals surface area contributed by atoms with E-state index < -0.39 is 15.9 Å². The van der Waals surface area contributed by atoms with E-state index in [0.29, 0.717) is 34.1 Å². The summed E-state index contributed by atoms with van der Waals surface area (Å²) in [6, 6.07) is 25.2. The van der Waals surface area contributed by atoms with E-state index >= 15 is 0 Å². The summed E-state index contributed by atoms with van der Waals surface area (Å²) in [5.74, 6) is 0.487. The molecule has 1 amide bonds. The van der Waals surface area contributed by atoms with Crippen molar-refractivity contribution in [2.24, 2.45) is 5.73 Å². The van der Waals surface area contributed by atoms with Gasteiger partial charge in [-0.15, -0.1) is 10.2 Å². The Balaban J connectivity index is 1.44. The first kappa shape index (κ1) is 26.7. The lowest BCUT2D eigenvalue weighted by atomic mass is 10.0. The third kappa shape index (κ3) is 6.06. The van der Waals surface area contributed by atoms with Crippen molar-refractivity contribution in [1.29, 1.82) is 0 Å². The highest BCUT2D eigenvalue weighted by atomic mass is 32.2. The number of fused-ring (bicyclic) bond motifs is 1. The fourth-order valence-electron chi connectivity index (χ4n) is 4.12. The Labute approximate surface area is 231 Å². The number of nitrogens with two attached hydrogens (primary N) is 1. The van der Waals surface area contributed by atoms with Crippen LogP contribution in [0, 0.1) is 6.92 Å². The van der Waals surface area contributed by atoms with Gasteiger partial charge in [-0.1, -0.05) is 42.5 Å². The maximum absolute atomic E-state index is 13.2. The number of nitrogens with one attached hydrogen (secondary N) is 2. The lowest BCUT2D eigenvalue weighted by Crippen LogP contribution is -2.24. The highest BCUT2D eigenvalue weighted by Gasteiger charge is 2.20. The molecule has 0 spiro atoms. The molecule has 0 aliphatic carbocycles. The number of anilines is 2. The number of carbonyl (C=O) groups excluding carboxylic acids is 1. The Bertz CT molecular complexity index is 1780. The molecule has 11 heteroatoms. The molecular formula is C29H26N6O4S. The van der Waals surface area contributed by atoms with Crippen molar-refractivity contribution in [2.75, 3.05) is 11.9 Å². The molecule has 0 aliphatic heterocycles. The number of nitrogens with zero attached hydrogens (tertiary/aromatic N) is 3. The molecule has 0 saturated heterocycles. The molecule has 5 rings (SSSR count). The van der Waals surface area contributed by atoms with Gasteiger partial charge in [0.1, 0.15) is 11.4 Å². The Morgan fingerprint density at radius 1 is 0.925 bits per heavy atom. The van der Waals surface area contributed by atoms with Crippen LogP contribution in [-0.4, -0.2) is 36.1 Å². The van der Waals surface area contributed by atoms with E-state index in [9.17, 15) is 13.2 Å². The van der Waals surface area contributed by atoms with Crippen LogP contribution in [0.2, 0.25) is 0 Å². The fourth-order valence-corrected chi connectivity index (χ4v) is 5.39. The summed E-state index contributed by atoms with van der Waals surface area (Å²) in [6.45, 7) is 1.63. The molecule has 0 unspecified atom stereocenters. The molecule has 202 valence electrons. The summed E-state index contributed by atoms with van der Waals surface area (Å²) in [7, 11) is -3.82. The van der Waals surface area contributed by atoms with E-state index in [2.05, 4.69) is 25.2 Å². The van der Waals surface area contributed by atoms with E-state index in [4.69, 9.17) is 10.5 Å². The quantitative estimate of drug-likeness (QED) is 0.234. The highest BCUT2D eigenvalue weighted by Crippen LogP contribution is 2.33. The first-order valence-electron chi connectivity index (χ1n) is 12.3. The van der Waals surface area contributed by atoms with E-state index in [1.165, 1.54) is 0 Å². The van der Waals surface area contributed by atoms with Gasteiger partial charge in [-0.2, -0.15) is 0 Å². The number of ether oxygens (including phenoxy) is 1. The van der Waals surface area contributed by atoms with E-state index in [0.717, 1.165) is 16.5 Å². The second-order valence-electron chi connectivity index (χ2n) is 8.97. The van der Waals surface area contributed by atoms with Gasteiger partial charge in [0, 0.05) is 28.2 Å². The second-order valence-corrected chi connectivity index (χ2v) is 10.7. The topological polar surface area (TPSA) is 149 Å². The molecule has 0 atom stereocenters. The number of primary amides is 1. The molecule has 3 aromatic carbocycles. The van der Waals surface area contributed by atoms with Crippen LogP contribution in [0.25, 0.3) is 22.0 Å². The van der Waals surface area contributed by atoms with Crippen LogP contribution in [0.15, 0.2) is 96.0 Å². The summed E-state index contributed by atoms with van der Waals surface area (Å²) in [5, 5.41) is 13.8. The Hall–Kier alpha value is -4.87. The number of sulfonamides is 1. The predicted molar refractivity (Wildman–Crippen MR) is 152 cm³/mol. The van der Waals surface area contributed by atoms with Crippen molar-refractivity contribution in [3.63, 3.8) is 0 Å². The predicted octanol–water partition coefficient (Wildman–Crippen LogP) is 4.09. The standard InChI is InChI=1S/C29H26N6O4S/c1-19-9-10-20(16-26(19)40(37,38)32-17-22-6-4-5-15-31-22)28-24-7-2-3-8-25(24)29(35-34-28)33-21-11-13-23(14-12-21)39-18-27(30)36/h2-16,32H,17-18H2,1H3,(H2,30,36)(H,33,35). The number of aromatic nitrogens is 3. The molecule has 0 bridgehead atoms. The third-order valence-corrected chi connectivity index (χ3v) is 7.65. The SMILES string of the molecule is Cc1ccc(-c2nnc(Nc3ccc(OCC(N)=O)cc3)c3ccccc23)cc1S(=O)(=O)NCc1ccccn1. The second kappa shape index (κ2) is 11.5. The lowest BCUT2D eigenvalue weighted by Gasteiger charge is -2.14. The first-order valence-corrected chi connectivity index (χ1v) is 13.8. The number of carbonyl (C=O) groups is 1. The van der Waals surface area contributed by atoms with E-state index in [1.807, 2.05) is 30.3 Å². The summed E-state index contributed by atoms with van der Waals surface area (Å²) < 4.78 is 34.4. The van der Waals surface area contributed by atoms with Crippen molar-refractivity contribution in [1.82, 2.24) is 19.9 Å². The zero-order valence-corrected chi connectivity index (χ0v) is 22.4. The van der Waals surface area contributed by atoms with Gasteiger partial charge in [0.15, 0.2) is 12.4 Å². The van der Waals surface area contributed by atoms with Crippen molar-refractivity contribution in [3.8, 4) is 17.0 Å². The third-order valence-electron chi connectivity index (χ3n) is 6.11. The van der Waals surface area contributed by atoms with Crippen molar-refractivity contribution >= 4 is 38.2 Å². The zero-order chi connectivity index (χ0) is 28.1.